The predicted molar refractivity (Wildman–Crippen MR) is 67.1 cm³/mol. The van der Waals surface area contributed by atoms with E-state index in [0.29, 0.717) is 6.54 Å². The average molecular weight is 222 g/mol. The lowest BCUT2D eigenvalue weighted by Crippen LogP contribution is -2.18. The summed E-state index contributed by atoms with van der Waals surface area (Å²) in [5.74, 6) is 1.94. The van der Waals surface area contributed by atoms with Crippen LogP contribution in [0.2, 0.25) is 0 Å². The van der Waals surface area contributed by atoms with Gasteiger partial charge in [0.05, 0.1) is 6.54 Å². The van der Waals surface area contributed by atoms with Gasteiger partial charge in [0.25, 0.3) is 0 Å². The van der Waals surface area contributed by atoms with Crippen LogP contribution < -0.4 is 5.73 Å². The highest BCUT2D eigenvalue weighted by Crippen LogP contribution is 2.15. The number of nitrogens with two attached hydrogens (primary N) is 1. The molecule has 1 aromatic rings. The molecule has 1 heterocycles. The van der Waals surface area contributed by atoms with Gasteiger partial charge in [-0.2, -0.15) is 0 Å². The molecule has 0 saturated carbocycles. The minimum absolute atomic E-state index is 0.551. The van der Waals surface area contributed by atoms with Gasteiger partial charge >= 0.3 is 0 Å². The molecule has 0 aliphatic heterocycles. The maximum atomic E-state index is 5.64. The van der Waals surface area contributed by atoms with E-state index in [4.69, 9.17) is 10.2 Å². The first-order valence-corrected chi connectivity index (χ1v) is 5.75. The van der Waals surface area contributed by atoms with Crippen molar-refractivity contribution in [3.05, 3.63) is 35.8 Å². The SMILES string of the molecule is C=CCCCN(C)Cc1cc(CN)c(C)o1. The molecule has 0 saturated heterocycles. The minimum atomic E-state index is 0.551. The minimum Gasteiger partial charge on any atom is -0.465 e. The number of furan rings is 1. The summed E-state index contributed by atoms with van der Waals surface area (Å²) in [6, 6.07) is 2.05. The van der Waals surface area contributed by atoms with E-state index in [1.54, 1.807) is 0 Å². The normalized spacial score (nSPS) is 11.0. The van der Waals surface area contributed by atoms with Gasteiger partial charge in [0.15, 0.2) is 0 Å². The van der Waals surface area contributed by atoms with Crippen LogP contribution in [-0.4, -0.2) is 18.5 Å². The van der Waals surface area contributed by atoms with Crippen LogP contribution in [0.1, 0.15) is 29.9 Å². The molecule has 0 aromatic carbocycles. The van der Waals surface area contributed by atoms with E-state index >= 15 is 0 Å². The van der Waals surface area contributed by atoms with Crippen molar-refractivity contribution in [1.29, 1.82) is 0 Å². The molecule has 0 unspecified atom stereocenters. The molecular weight excluding hydrogens is 200 g/mol. The summed E-state index contributed by atoms with van der Waals surface area (Å²) < 4.78 is 5.64. The van der Waals surface area contributed by atoms with Crippen LogP contribution in [0.5, 0.6) is 0 Å². The number of rotatable bonds is 7. The molecule has 3 heteroatoms. The lowest BCUT2D eigenvalue weighted by molar-refractivity contribution is 0.289. The smallest absolute Gasteiger partial charge is 0.118 e. The van der Waals surface area contributed by atoms with Crippen molar-refractivity contribution < 1.29 is 4.42 Å². The summed E-state index contributed by atoms with van der Waals surface area (Å²) in [4.78, 5) is 2.25. The van der Waals surface area contributed by atoms with Gasteiger partial charge in [-0.15, -0.1) is 6.58 Å². The number of unbranched alkanes of at least 4 members (excludes halogenated alkanes) is 1. The second-order valence-electron chi connectivity index (χ2n) is 4.17. The van der Waals surface area contributed by atoms with E-state index in [1.807, 2.05) is 13.0 Å². The van der Waals surface area contributed by atoms with Crippen molar-refractivity contribution in [2.24, 2.45) is 5.73 Å². The maximum absolute atomic E-state index is 5.64. The van der Waals surface area contributed by atoms with Crippen molar-refractivity contribution in [3.63, 3.8) is 0 Å². The molecule has 1 rings (SSSR count). The summed E-state index contributed by atoms with van der Waals surface area (Å²) >= 11 is 0. The fourth-order valence-electron chi connectivity index (χ4n) is 1.72. The molecule has 0 bridgehead atoms. The first-order valence-electron chi connectivity index (χ1n) is 5.75. The fraction of sp³-hybridized carbons (Fsp3) is 0.538. The highest BCUT2D eigenvalue weighted by molar-refractivity contribution is 5.20. The van der Waals surface area contributed by atoms with Crippen LogP contribution in [0.15, 0.2) is 23.1 Å². The van der Waals surface area contributed by atoms with Gasteiger partial charge in [-0.3, -0.25) is 4.90 Å². The molecule has 3 nitrogen and oxygen atoms in total. The molecular formula is C13H22N2O. The van der Waals surface area contributed by atoms with Gasteiger partial charge in [0.2, 0.25) is 0 Å². The van der Waals surface area contributed by atoms with Crippen molar-refractivity contribution >= 4 is 0 Å². The van der Waals surface area contributed by atoms with Crippen LogP contribution in [0.3, 0.4) is 0 Å². The van der Waals surface area contributed by atoms with Gasteiger partial charge < -0.3 is 10.2 Å². The number of hydrogen-bond donors (Lipinski definition) is 1. The Bertz CT molecular complexity index is 331. The summed E-state index contributed by atoms with van der Waals surface area (Å²) in [6.07, 6.45) is 4.16. The summed E-state index contributed by atoms with van der Waals surface area (Å²) in [6.45, 7) is 8.13. The molecule has 0 amide bonds. The van der Waals surface area contributed by atoms with Gasteiger partial charge in [-0.1, -0.05) is 6.08 Å². The highest BCUT2D eigenvalue weighted by atomic mass is 16.3. The van der Waals surface area contributed by atoms with Gasteiger partial charge in [-0.05, 0) is 39.4 Å². The first kappa shape index (κ1) is 13.0. The molecule has 16 heavy (non-hydrogen) atoms. The molecule has 0 aliphatic carbocycles. The molecule has 0 spiro atoms. The van der Waals surface area contributed by atoms with Gasteiger partial charge in [0.1, 0.15) is 11.5 Å². The number of allylic oxidation sites excluding steroid dienone is 1. The topological polar surface area (TPSA) is 42.4 Å². The Morgan fingerprint density at radius 2 is 2.31 bits per heavy atom. The van der Waals surface area contributed by atoms with Crippen molar-refractivity contribution in [2.75, 3.05) is 13.6 Å². The Morgan fingerprint density at radius 1 is 1.56 bits per heavy atom. The van der Waals surface area contributed by atoms with E-state index in [2.05, 4.69) is 24.6 Å². The number of aryl methyl sites for hydroxylation is 1. The van der Waals surface area contributed by atoms with E-state index in [9.17, 15) is 0 Å². The van der Waals surface area contributed by atoms with Crippen molar-refractivity contribution in [2.45, 2.75) is 32.9 Å². The monoisotopic (exact) mass is 222 g/mol. The molecule has 0 atom stereocenters. The Morgan fingerprint density at radius 3 is 2.88 bits per heavy atom. The molecule has 1 aromatic heterocycles. The average Bonchev–Trinajstić information content (AvgIpc) is 2.59. The van der Waals surface area contributed by atoms with Crippen LogP contribution >= 0.6 is 0 Å². The van der Waals surface area contributed by atoms with E-state index < -0.39 is 0 Å². The second kappa shape index (κ2) is 6.51. The molecule has 0 radical (unpaired) electrons. The summed E-state index contributed by atoms with van der Waals surface area (Å²) in [5.41, 5.74) is 6.71. The maximum Gasteiger partial charge on any atom is 0.118 e. The number of hydrogen-bond acceptors (Lipinski definition) is 3. The van der Waals surface area contributed by atoms with Gasteiger partial charge in [-0.25, -0.2) is 0 Å². The van der Waals surface area contributed by atoms with E-state index in [-0.39, 0.29) is 0 Å². The fourth-order valence-corrected chi connectivity index (χ4v) is 1.72. The van der Waals surface area contributed by atoms with Crippen LogP contribution in [0.4, 0.5) is 0 Å². The quantitative estimate of drug-likeness (QED) is 0.569. The third-order valence-corrected chi connectivity index (χ3v) is 2.67. The lowest BCUT2D eigenvalue weighted by atomic mass is 10.2. The standard InChI is InChI=1S/C13H22N2O/c1-4-5-6-7-15(3)10-13-8-12(9-14)11(2)16-13/h4,8H,1,5-7,9-10,14H2,2-3H3. The molecule has 2 N–H and O–H groups in total. The van der Waals surface area contributed by atoms with Gasteiger partial charge in [0, 0.05) is 12.1 Å². The largest absolute Gasteiger partial charge is 0.465 e. The highest BCUT2D eigenvalue weighted by Gasteiger charge is 2.07. The lowest BCUT2D eigenvalue weighted by Gasteiger charge is -2.13. The summed E-state index contributed by atoms with van der Waals surface area (Å²) in [5, 5.41) is 0. The zero-order valence-corrected chi connectivity index (χ0v) is 10.3. The van der Waals surface area contributed by atoms with Crippen molar-refractivity contribution in [3.8, 4) is 0 Å². The van der Waals surface area contributed by atoms with Crippen LogP contribution in [0, 0.1) is 6.92 Å². The predicted octanol–water partition coefficient (Wildman–Crippen LogP) is 2.44. The Hall–Kier alpha value is -1.06. The van der Waals surface area contributed by atoms with Crippen LogP contribution in [0.25, 0.3) is 0 Å². The molecule has 0 aliphatic rings. The van der Waals surface area contributed by atoms with Crippen molar-refractivity contribution in [1.82, 2.24) is 4.90 Å². The van der Waals surface area contributed by atoms with E-state index in [0.717, 1.165) is 43.0 Å². The third kappa shape index (κ3) is 3.83. The Labute approximate surface area is 97.9 Å². The van der Waals surface area contributed by atoms with E-state index in [1.165, 1.54) is 0 Å². The Balaban J connectivity index is 2.42. The zero-order chi connectivity index (χ0) is 12.0. The third-order valence-electron chi connectivity index (χ3n) is 2.67. The molecule has 90 valence electrons. The molecule has 0 fully saturated rings. The summed E-state index contributed by atoms with van der Waals surface area (Å²) in [7, 11) is 2.10. The second-order valence-corrected chi connectivity index (χ2v) is 4.17. The van der Waals surface area contributed by atoms with Crippen LogP contribution in [-0.2, 0) is 13.1 Å². The first-order chi connectivity index (χ1) is 7.67. The Kier molecular flexibility index (Phi) is 5.29. The number of nitrogens with zero attached hydrogens (tertiary/aromatic N) is 1. The zero-order valence-electron chi connectivity index (χ0n) is 10.3.